The molecule has 4 rings (SSSR count). The Labute approximate surface area is 135 Å². The number of aliphatic hydroxyl groups is 2. The van der Waals surface area contributed by atoms with E-state index < -0.39 is 5.60 Å². The second kappa shape index (κ2) is 4.51. The molecule has 6 unspecified atom stereocenters. The van der Waals surface area contributed by atoms with E-state index in [0.717, 1.165) is 24.7 Å². The number of rotatable bonds is 1. The molecule has 2 nitrogen and oxygen atoms in total. The smallest absolute Gasteiger partial charge is 0.0905 e. The van der Waals surface area contributed by atoms with Crippen molar-refractivity contribution in [2.45, 2.75) is 84.2 Å². The van der Waals surface area contributed by atoms with Crippen molar-refractivity contribution in [3.8, 4) is 0 Å². The molecule has 126 valence electrons. The summed E-state index contributed by atoms with van der Waals surface area (Å²) in [4.78, 5) is 0. The van der Waals surface area contributed by atoms with Crippen LogP contribution in [-0.4, -0.2) is 22.4 Å². The Bertz CT molecular complexity index is 472. The Morgan fingerprint density at radius 3 is 2.45 bits per heavy atom. The van der Waals surface area contributed by atoms with E-state index in [1.165, 1.54) is 44.9 Å². The van der Waals surface area contributed by atoms with Crippen LogP contribution in [0.2, 0.25) is 0 Å². The molecule has 0 aromatic rings. The lowest BCUT2D eigenvalue weighted by molar-refractivity contribution is -0.177. The molecule has 0 aromatic heterocycles. The second-order valence-corrected chi connectivity index (χ2v) is 10.1. The summed E-state index contributed by atoms with van der Waals surface area (Å²) in [6.07, 6.45) is 11.2. The predicted octanol–water partition coefficient (Wildman–Crippen LogP) is 4.14. The average molecular weight is 306 g/mol. The summed E-state index contributed by atoms with van der Waals surface area (Å²) in [5.74, 6) is 1.99. The van der Waals surface area contributed by atoms with E-state index in [-0.39, 0.29) is 6.61 Å². The van der Waals surface area contributed by atoms with Gasteiger partial charge in [0.1, 0.15) is 0 Å². The molecule has 1 spiro atoms. The first-order valence-corrected chi connectivity index (χ1v) is 9.61. The van der Waals surface area contributed by atoms with Gasteiger partial charge in [0.2, 0.25) is 0 Å². The van der Waals surface area contributed by atoms with Crippen LogP contribution in [0.5, 0.6) is 0 Å². The van der Waals surface area contributed by atoms with Crippen molar-refractivity contribution >= 4 is 0 Å². The number of hydrogen-bond donors (Lipinski definition) is 2. The average Bonchev–Trinajstić information content (AvgIpc) is 2.80. The molecule has 0 heterocycles. The van der Waals surface area contributed by atoms with Crippen molar-refractivity contribution < 1.29 is 10.2 Å². The van der Waals surface area contributed by atoms with Gasteiger partial charge in [0.05, 0.1) is 12.2 Å². The maximum atomic E-state index is 10.8. The molecular weight excluding hydrogens is 272 g/mol. The number of hydrogen-bond acceptors (Lipinski definition) is 2. The predicted molar refractivity (Wildman–Crippen MR) is 88.4 cm³/mol. The highest BCUT2D eigenvalue weighted by atomic mass is 16.3. The Hall–Kier alpha value is -0.0800. The number of aliphatic hydroxyl groups excluding tert-OH is 1. The SMILES string of the molecule is CC1(C)CCCC2(C)C1CCC1CC3CC12CCC3(O)CO. The third kappa shape index (κ3) is 1.69. The third-order valence-corrected chi connectivity index (χ3v) is 9.17. The van der Waals surface area contributed by atoms with E-state index in [1.54, 1.807) is 0 Å². The van der Waals surface area contributed by atoms with Gasteiger partial charge in [-0.25, -0.2) is 0 Å². The fourth-order valence-corrected chi connectivity index (χ4v) is 8.00. The topological polar surface area (TPSA) is 40.5 Å². The summed E-state index contributed by atoms with van der Waals surface area (Å²) >= 11 is 0. The van der Waals surface area contributed by atoms with E-state index in [1.807, 2.05) is 0 Å². The quantitative estimate of drug-likeness (QED) is 0.764. The molecule has 0 radical (unpaired) electrons. The van der Waals surface area contributed by atoms with Crippen LogP contribution in [0, 0.1) is 34.0 Å². The standard InChI is InChI=1S/C20H34O2/c1-17(2)7-4-8-18(3)16(17)6-5-14-11-15-12-19(14,18)9-10-20(15,22)13-21/h14-16,21-22H,4-13H2,1-3H3. The lowest BCUT2D eigenvalue weighted by atomic mass is 9.40. The van der Waals surface area contributed by atoms with Crippen molar-refractivity contribution in [1.29, 1.82) is 0 Å². The Balaban J connectivity index is 1.74. The zero-order valence-electron chi connectivity index (χ0n) is 14.7. The van der Waals surface area contributed by atoms with Crippen LogP contribution >= 0.6 is 0 Å². The molecule has 6 atom stereocenters. The van der Waals surface area contributed by atoms with Crippen LogP contribution in [0.25, 0.3) is 0 Å². The Morgan fingerprint density at radius 2 is 1.73 bits per heavy atom. The van der Waals surface area contributed by atoms with Crippen LogP contribution in [-0.2, 0) is 0 Å². The first kappa shape index (κ1) is 15.4. The van der Waals surface area contributed by atoms with Gasteiger partial charge < -0.3 is 10.2 Å². The summed E-state index contributed by atoms with van der Waals surface area (Å²) in [6.45, 7) is 7.58. The van der Waals surface area contributed by atoms with Crippen LogP contribution in [0.15, 0.2) is 0 Å². The summed E-state index contributed by atoms with van der Waals surface area (Å²) in [6, 6.07) is 0. The summed E-state index contributed by atoms with van der Waals surface area (Å²) in [5, 5.41) is 20.6. The van der Waals surface area contributed by atoms with Crippen molar-refractivity contribution in [3.05, 3.63) is 0 Å². The Morgan fingerprint density at radius 1 is 0.955 bits per heavy atom. The lowest BCUT2D eigenvalue weighted by Gasteiger charge is -2.65. The molecular formula is C20H34O2. The molecule has 22 heavy (non-hydrogen) atoms. The van der Waals surface area contributed by atoms with E-state index >= 15 is 0 Å². The molecule has 4 aliphatic carbocycles. The summed E-state index contributed by atoms with van der Waals surface area (Å²) in [5.41, 5.74) is 0.622. The molecule has 0 saturated heterocycles. The monoisotopic (exact) mass is 306 g/mol. The largest absolute Gasteiger partial charge is 0.393 e. The minimum Gasteiger partial charge on any atom is -0.393 e. The summed E-state index contributed by atoms with van der Waals surface area (Å²) in [7, 11) is 0. The van der Waals surface area contributed by atoms with Gasteiger partial charge in [-0.1, -0.05) is 27.2 Å². The zero-order chi connectivity index (χ0) is 15.8. The molecule has 0 aliphatic heterocycles. The van der Waals surface area contributed by atoms with Gasteiger partial charge in [-0.15, -0.1) is 0 Å². The number of fused-ring (bicyclic) bond motifs is 2. The maximum Gasteiger partial charge on any atom is 0.0905 e. The summed E-state index contributed by atoms with van der Waals surface area (Å²) < 4.78 is 0. The first-order valence-electron chi connectivity index (χ1n) is 9.61. The van der Waals surface area contributed by atoms with Gasteiger partial charge in [0, 0.05) is 0 Å². The molecule has 0 aromatic carbocycles. The molecule has 0 amide bonds. The molecule has 2 bridgehead atoms. The van der Waals surface area contributed by atoms with E-state index in [0.29, 0.717) is 22.2 Å². The van der Waals surface area contributed by atoms with E-state index in [2.05, 4.69) is 20.8 Å². The zero-order valence-corrected chi connectivity index (χ0v) is 14.7. The highest BCUT2D eigenvalue weighted by Crippen LogP contribution is 2.75. The maximum absolute atomic E-state index is 10.8. The third-order valence-electron chi connectivity index (χ3n) is 9.17. The van der Waals surface area contributed by atoms with Gasteiger partial charge in [0.15, 0.2) is 0 Å². The van der Waals surface area contributed by atoms with Gasteiger partial charge in [-0.05, 0) is 85.4 Å². The van der Waals surface area contributed by atoms with E-state index in [9.17, 15) is 10.2 Å². The van der Waals surface area contributed by atoms with Crippen LogP contribution in [0.4, 0.5) is 0 Å². The first-order chi connectivity index (χ1) is 10.3. The minimum atomic E-state index is -0.779. The van der Waals surface area contributed by atoms with Gasteiger partial charge >= 0.3 is 0 Å². The van der Waals surface area contributed by atoms with Crippen LogP contribution < -0.4 is 0 Å². The molecule has 2 heteroatoms. The van der Waals surface area contributed by atoms with Crippen molar-refractivity contribution in [3.63, 3.8) is 0 Å². The highest BCUT2D eigenvalue weighted by molar-refractivity contribution is 5.18. The molecule has 4 fully saturated rings. The molecule has 4 aliphatic rings. The second-order valence-electron chi connectivity index (χ2n) is 10.1. The molecule has 4 saturated carbocycles. The van der Waals surface area contributed by atoms with Gasteiger partial charge in [0.25, 0.3) is 0 Å². The van der Waals surface area contributed by atoms with E-state index in [4.69, 9.17) is 0 Å². The van der Waals surface area contributed by atoms with Gasteiger partial charge in [-0.3, -0.25) is 0 Å². The minimum absolute atomic E-state index is 0.0356. The highest BCUT2D eigenvalue weighted by Gasteiger charge is 2.68. The van der Waals surface area contributed by atoms with Crippen molar-refractivity contribution in [2.75, 3.05) is 6.61 Å². The Kier molecular flexibility index (Phi) is 3.16. The van der Waals surface area contributed by atoms with Gasteiger partial charge in [-0.2, -0.15) is 0 Å². The fraction of sp³-hybridized carbons (Fsp3) is 1.00. The van der Waals surface area contributed by atoms with Crippen molar-refractivity contribution in [1.82, 2.24) is 0 Å². The van der Waals surface area contributed by atoms with Crippen LogP contribution in [0.3, 0.4) is 0 Å². The fourth-order valence-electron chi connectivity index (χ4n) is 8.00. The molecule has 2 N–H and O–H groups in total. The lowest BCUT2D eigenvalue weighted by Crippen LogP contribution is -2.58. The van der Waals surface area contributed by atoms with Crippen molar-refractivity contribution in [2.24, 2.45) is 34.0 Å². The normalized spacial score (nSPS) is 56.3. The van der Waals surface area contributed by atoms with Crippen LogP contribution in [0.1, 0.15) is 78.6 Å².